The number of carbonyl (C=O) groups is 1. The maximum absolute atomic E-state index is 11.5. The summed E-state index contributed by atoms with van der Waals surface area (Å²) in [5.74, 6) is 0.0732. The van der Waals surface area contributed by atoms with E-state index >= 15 is 0 Å². The zero-order valence-electron chi connectivity index (χ0n) is 11.2. The fraction of sp³-hybridized carbons (Fsp3) is 0.533. The number of hydrogen-bond acceptors (Lipinski definition) is 2. The van der Waals surface area contributed by atoms with Crippen LogP contribution < -0.4 is 11.1 Å². The van der Waals surface area contributed by atoms with Crippen LogP contribution >= 0.6 is 0 Å². The molecule has 0 bridgehead atoms. The second-order valence-electron chi connectivity index (χ2n) is 4.69. The highest BCUT2D eigenvalue weighted by atomic mass is 16.1. The summed E-state index contributed by atoms with van der Waals surface area (Å²) in [7, 11) is 0. The average molecular weight is 248 g/mol. The molecule has 0 saturated carbocycles. The zero-order chi connectivity index (χ0) is 13.2. The van der Waals surface area contributed by atoms with E-state index in [1.54, 1.807) is 0 Å². The summed E-state index contributed by atoms with van der Waals surface area (Å²) in [6.07, 6.45) is 4.36. The van der Waals surface area contributed by atoms with Gasteiger partial charge in [-0.05, 0) is 24.8 Å². The summed E-state index contributed by atoms with van der Waals surface area (Å²) in [5, 5.41) is 2.92. The van der Waals surface area contributed by atoms with Crippen molar-refractivity contribution in [2.24, 2.45) is 5.73 Å². The molecule has 0 fully saturated rings. The summed E-state index contributed by atoms with van der Waals surface area (Å²) < 4.78 is 0. The Bertz CT molecular complexity index is 338. The molecule has 1 atom stereocenters. The van der Waals surface area contributed by atoms with Crippen LogP contribution in [0.5, 0.6) is 0 Å². The van der Waals surface area contributed by atoms with Gasteiger partial charge in [-0.2, -0.15) is 0 Å². The molecular formula is C15H24N2O. The minimum atomic E-state index is 0.00382. The summed E-state index contributed by atoms with van der Waals surface area (Å²) in [6, 6.07) is 10.3. The Labute approximate surface area is 110 Å². The van der Waals surface area contributed by atoms with Gasteiger partial charge in [0.15, 0.2) is 0 Å². The molecule has 0 aliphatic heterocycles. The van der Waals surface area contributed by atoms with Gasteiger partial charge in [0.1, 0.15) is 0 Å². The quantitative estimate of drug-likeness (QED) is 0.693. The molecule has 0 aliphatic rings. The van der Waals surface area contributed by atoms with E-state index in [-0.39, 0.29) is 11.9 Å². The van der Waals surface area contributed by atoms with Crippen LogP contribution in [0.25, 0.3) is 0 Å². The highest BCUT2D eigenvalue weighted by Gasteiger charge is 2.07. The van der Waals surface area contributed by atoms with Gasteiger partial charge in [0, 0.05) is 19.0 Å². The third-order valence-electron chi connectivity index (χ3n) is 2.91. The van der Waals surface area contributed by atoms with Crippen LogP contribution in [0.2, 0.25) is 0 Å². The van der Waals surface area contributed by atoms with E-state index in [2.05, 4.69) is 24.4 Å². The van der Waals surface area contributed by atoms with Crippen molar-refractivity contribution in [1.82, 2.24) is 5.32 Å². The third kappa shape index (κ3) is 6.40. The summed E-state index contributed by atoms with van der Waals surface area (Å²) in [4.78, 5) is 11.5. The van der Waals surface area contributed by atoms with Gasteiger partial charge in [0.25, 0.3) is 0 Å². The minimum absolute atomic E-state index is 0.00382. The molecule has 0 aromatic heterocycles. The van der Waals surface area contributed by atoms with Crippen LogP contribution in [0.3, 0.4) is 0 Å². The number of carbonyl (C=O) groups excluding carboxylic acids is 1. The molecule has 1 rings (SSSR count). The van der Waals surface area contributed by atoms with E-state index in [1.807, 2.05) is 18.2 Å². The predicted octanol–water partition coefficient (Wildman–Crippen LogP) is 2.25. The topological polar surface area (TPSA) is 55.1 Å². The Balaban J connectivity index is 2.09. The van der Waals surface area contributed by atoms with Gasteiger partial charge in [0.05, 0.1) is 0 Å². The van der Waals surface area contributed by atoms with Gasteiger partial charge in [-0.1, -0.05) is 43.7 Å². The van der Waals surface area contributed by atoms with E-state index in [9.17, 15) is 4.79 Å². The number of hydrogen-bond donors (Lipinski definition) is 2. The van der Waals surface area contributed by atoms with Crippen molar-refractivity contribution in [3.63, 3.8) is 0 Å². The van der Waals surface area contributed by atoms with Crippen LogP contribution in [0, 0.1) is 0 Å². The SMILES string of the molecule is CCCC(N)CC(=O)NCCCc1ccccc1. The predicted molar refractivity (Wildman–Crippen MR) is 75.3 cm³/mol. The van der Waals surface area contributed by atoms with Crippen LogP contribution in [0.4, 0.5) is 0 Å². The van der Waals surface area contributed by atoms with Crippen molar-refractivity contribution in [2.75, 3.05) is 6.54 Å². The van der Waals surface area contributed by atoms with Gasteiger partial charge < -0.3 is 11.1 Å². The van der Waals surface area contributed by atoms with Crippen molar-refractivity contribution in [1.29, 1.82) is 0 Å². The van der Waals surface area contributed by atoms with E-state index in [0.717, 1.165) is 32.2 Å². The first-order chi connectivity index (χ1) is 8.72. The summed E-state index contributed by atoms with van der Waals surface area (Å²) in [5.41, 5.74) is 7.13. The van der Waals surface area contributed by atoms with Crippen LogP contribution in [0.15, 0.2) is 30.3 Å². The Kier molecular flexibility index (Phi) is 7.11. The number of amides is 1. The van der Waals surface area contributed by atoms with Gasteiger partial charge in [-0.25, -0.2) is 0 Å². The van der Waals surface area contributed by atoms with Crippen molar-refractivity contribution in [3.8, 4) is 0 Å². The van der Waals surface area contributed by atoms with Crippen LogP contribution in [-0.2, 0) is 11.2 Å². The Hall–Kier alpha value is -1.35. The second kappa shape index (κ2) is 8.70. The Morgan fingerprint density at radius 1 is 1.33 bits per heavy atom. The highest BCUT2D eigenvalue weighted by molar-refractivity contribution is 5.76. The molecule has 18 heavy (non-hydrogen) atoms. The lowest BCUT2D eigenvalue weighted by Crippen LogP contribution is -2.32. The van der Waals surface area contributed by atoms with Gasteiger partial charge in [-0.15, -0.1) is 0 Å². The van der Waals surface area contributed by atoms with E-state index in [1.165, 1.54) is 5.56 Å². The van der Waals surface area contributed by atoms with E-state index < -0.39 is 0 Å². The molecule has 100 valence electrons. The van der Waals surface area contributed by atoms with Gasteiger partial charge in [0.2, 0.25) is 5.91 Å². The summed E-state index contributed by atoms with van der Waals surface area (Å²) >= 11 is 0. The average Bonchev–Trinajstić information content (AvgIpc) is 2.36. The third-order valence-corrected chi connectivity index (χ3v) is 2.91. The smallest absolute Gasteiger partial charge is 0.221 e. The van der Waals surface area contributed by atoms with Crippen LogP contribution in [0.1, 0.15) is 38.2 Å². The number of benzene rings is 1. The normalized spacial score (nSPS) is 12.1. The lowest BCUT2D eigenvalue weighted by Gasteiger charge is -2.10. The van der Waals surface area contributed by atoms with E-state index in [0.29, 0.717) is 6.42 Å². The molecule has 0 radical (unpaired) electrons. The molecule has 1 aromatic carbocycles. The molecule has 0 saturated heterocycles. The molecule has 1 amide bonds. The molecule has 3 heteroatoms. The first-order valence-corrected chi connectivity index (χ1v) is 6.78. The van der Waals surface area contributed by atoms with E-state index in [4.69, 9.17) is 5.73 Å². The minimum Gasteiger partial charge on any atom is -0.356 e. The molecule has 1 aromatic rings. The lowest BCUT2D eigenvalue weighted by atomic mass is 10.1. The number of aryl methyl sites for hydroxylation is 1. The highest BCUT2D eigenvalue weighted by Crippen LogP contribution is 2.02. The number of nitrogens with two attached hydrogens (primary N) is 1. The fourth-order valence-corrected chi connectivity index (χ4v) is 1.95. The monoisotopic (exact) mass is 248 g/mol. The van der Waals surface area contributed by atoms with Crippen molar-refractivity contribution in [2.45, 2.75) is 45.1 Å². The molecule has 0 heterocycles. The first kappa shape index (κ1) is 14.7. The van der Waals surface area contributed by atoms with Crippen molar-refractivity contribution >= 4 is 5.91 Å². The van der Waals surface area contributed by atoms with Crippen LogP contribution in [-0.4, -0.2) is 18.5 Å². The standard InChI is InChI=1S/C15H24N2O/c1-2-7-14(16)12-15(18)17-11-6-10-13-8-4-3-5-9-13/h3-5,8-9,14H,2,6-7,10-12,16H2,1H3,(H,17,18). The molecule has 0 spiro atoms. The number of nitrogens with one attached hydrogen (secondary N) is 1. The largest absolute Gasteiger partial charge is 0.356 e. The molecule has 0 aliphatic carbocycles. The maximum atomic E-state index is 11.5. The van der Waals surface area contributed by atoms with Crippen molar-refractivity contribution in [3.05, 3.63) is 35.9 Å². The Morgan fingerprint density at radius 3 is 2.72 bits per heavy atom. The molecule has 3 N–H and O–H groups in total. The second-order valence-corrected chi connectivity index (χ2v) is 4.69. The Morgan fingerprint density at radius 2 is 2.06 bits per heavy atom. The lowest BCUT2D eigenvalue weighted by molar-refractivity contribution is -0.121. The fourth-order valence-electron chi connectivity index (χ4n) is 1.95. The maximum Gasteiger partial charge on any atom is 0.221 e. The van der Waals surface area contributed by atoms with Crippen molar-refractivity contribution < 1.29 is 4.79 Å². The molecular weight excluding hydrogens is 224 g/mol. The molecule has 3 nitrogen and oxygen atoms in total. The molecule has 1 unspecified atom stereocenters. The van der Waals surface area contributed by atoms with Gasteiger partial charge in [-0.3, -0.25) is 4.79 Å². The number of rotatable bonds is 8. The zero-order valence-corrected chi connectivity index (χ0v) is 11.2. The van der Waals surface area contributed by atoms with Gasteiger partial charge >= 0.3 is 0 Å². The summed E-state index contributed by atoms with van der Waals surface area (Å²) in [6.45, 7) is 2.81. The first-order valence-electron chi connectivity index (χ1n) is 6.78.